The molecule has 0 spiro atoms. The fourth-order valence-electron chi connectivity index (χ4n) is 2.54. The largest absolute Gasteiger partial charge is 0.338 e. The number of nitrogens with zero attached hydrogens (tertiary/aromatic N) is 4. The third-order valence-corrected chi connectivity index (χ3v) is 4.92. The highest BCUT2D eigenvalue weighted by atomic mass is 32.2. The lowest BCUT2D eigenvalue weighted by atomic mass is 10.0. The van der Waals surface area contributed by atoms with Crippen LogP contribution >= 0.6 is 11.8 Å². The number of hydrogen-bond acceptors (Lipinski definition) is 5. The lowest BCUT2D eigenvalue weighted by Gasteiger charge is -2.16. The summed E-state index contributed by atoms with van der Waals surface area (Å²) in [6.45, 7) is 8.48. The molecule has 0 radical (unpaired) electrons. The number of imidazole rings is 1. The lowest BCUT2D eigenvalue weighted by Crippen LogP contribution is -2.02. The van der Waals surface area contributed by atoms with Crippen molar-refractivity contribution in [2.45, 2.75) is 50.4 Å². The van der Waals surface area contributed by atoms with E-state index in [1.54, 1.807) is 11.8 Å². The predicted octanol–water partition coefficient (Wildman–Crippen LogP) is 4.79. The fourth-order valence-corrected chi connectivity index (χ4v) is 3.45. The SMILES string of the molecule is CCc1noc(C(C)Sc2nccn2-c2ccccc2C(C)C)n1. The molecule has 0 aliphatic rings. The summed E-state index contributed by atoms with van der Waals surface area (Å²) in [5.74, 6) is 1.83. The maximum Gasteiger partial charge on any atom is 0.239 e. The van der Waals surface area contributed by atoms with E-state index in [0.717, 1.165) is 17.4 Å². The number of thioether (sulfide) groups is 1. The van der Waals surface area contributed by atoms with Gasteiger partial charge in [0, 0.05) is 18.8 Å². The van der Waals surface area contributed by atoms with Crippen molar-refractivity contribution in [3.63, 3.8) is 0 Å². The summed E-state index contributed by atoms with van der Waals surface area (Å²) in [7, 11) is 0. The summed E-state index contributed by atoms with van der Waals surface area (Å²) in [5, 5.41) is 4.95. The second kappa shape index (κ2) is 7.21. The van der Waals surface area contributed by atoms with Crippen LogP contribution in [0.4, 0.5) is 0 Å². The molecule has 24 heavy (non-hydrogen) atoms. The Bertz CT molecular complexity index is 809. The molecule has 3 rings (SSSR count). The van der Waals surface area contributed by atoms with Crippen molar-refractivity contribution in [3.8, 4) is 5.69 Å². The van der Waals surface area contributed by atoms with Gasteiger partial charge in [-0.05, 0) is 24.5 Å². The minimum absolute atomic E-state index is 0.0464. The highest BCUT2D eigenvalue weighted by Gasteiger charge is 2.19. The average Bonchev–Trinajstić information content (AvgIpc) is 3.23. The van der Waals surface area contributed by atoms with Crippen LogP contribution in [-0.2, 0) is 6.42 Å². The molecule has 0 bridgehead atoms. The molecule has 0 saturated carbocycles. The Labute approximate surface area is 146 Å². The van der Waals surface area contributed by atoms with Crippen molar-refractivity contribution in [1.82, 2.24) is 19.7 Å². The molecule has 2 heterocycles. The molecule has 5 nitrogen and oxygen atoms in total. The van der Waals surface area contributed by atoms with Crippen LogP contribution in [0.1, 0.15) is 56.1 Å². The monoisotopic (exact) mass is 342 g/mol. The van der Waals surface area contributed by atoms with Crippen molar-refractivity contribution >= 4 is 11.8 Å². The summed E-state index contributed by atoms with van der Waals surface area (Å²) in [6.07, 6.45) is 4.61. The van der Waals surface area contributed by atoms with Gasteiger partial charge in [0.2, 0.25) is 5.89 Å². The van der Waals surface area contributed by atoms with E-state index in [2.05, 4.69) is 64.7 Å². The molecule has 0 aliphatic heterocycles. The van der Waals surface area contributed by atoms with Gasteiger partial charge in [0.15, 0.2) is 11.0 Å². The third kappa shape index (κ3) is 3.38. The molecule has 126 valence electrons. The topological polar surface area (TPSA) is 56.7 Å². The quantitative estimate of drug-likeness (QED) is 0.603. The Morgan fingerprint density at radius 3 is 2.71 bits per heavy atom. The van der Waals surface area contributed by atoms with Crippen LogP contribution in [-0.4, -0.2) is 19.7 Å². The van der Waals surface area contributed by atoms with Crippen molar-refractivity contribution in [3.05, 3.63) is 53.9 Å². The van der Waals surface area contributed by atoms with Crippen LogP contribution in [0.2, 0.25) is 0 Å². The van der Waals surface area contributed by atoms with E-state index in [1.807, 2.05) is 19.3 Å². The number of para-hydroxylation sites is 1. The summed E-state index contributed by atoms with van der Waals surface area (Å²) in [6, 6.07) is 8.44. The molecule has 0 aliphatic carbocycles. The van der Waals surface area contributed by atoms with Crippen LogP contribution < -0.4 is 0 Å². The smallest absolute Gasteiger partial charge is 0.239 e. The van der Waals surface area contributed by atoms with Crippen molar-refractivity contribution in [2.75, 3.05) is 0 Å². The average molecular weight is 342 g/mol. The summed E-state index contributed by atoms with van der Waals surface area (Å²) in [5.41, 5.74) is 2.47. The molecule has 0 fully saturated rings. The minimum atomic E-state index is 0.0464. The molecule has 2 aromatic heterocycles. The maximum atomic E-state index is 5.35. The van der Waals surface area contributed by atoms with Gasteiger partial charge in [0.05, 0.1) is 10.9 Å². The molecular formula is C18H22N4OS. The Morgan fingerprint density at radius 1 is 1.21 bits per heavy atom. The molecule has 1 atom stereocenters. The Balaban J connectivity index is 1.88. The van der Waals surface area contributed by atoms with Gasteiger partial charge in [-0.3, -0.25) is 4.57 Å². The highest BCUT2D eigenvalue weighted by Crippen LogP contribution is 2.35. The fraction of sp³-hybridized carbons (Fsp3) is 0.389. The van der Waals surface area contributed by atoms with E-state index in [4.69, 9.17) is 4.52 Å². The Hall–Kier alpha value is -2.08. The van der Waals surface area contributed by atoms with Crippen molar-refractivity contribution in [2.24, 2.45) is 0 Å². The van der Waals surface area contributed by atoms with Gasteiger partial charge in [-0.1, -0.05) is 55.9 Å². The van der Waals surface area contributed by atoms with Crippen LogP contribution in [0.25, 0.3) is 5.69 Å². The molecule has 0 N–H and O–H groups in total. The van der Waals surface area contributed by atoms with Crippen molar-refractivity contribution < 1.29 is 4.52 Å². The maximum absolute atomic E-state index is 5.35. The highest BCUT2D eigenvalue weighted by molar-refractivity contribution is 7.99. The molecule has 1 unspecified atom stereocenters. The normalized spacial score (nSPS) is 12.7. The van der Waals surface area contributed by atoms with Crippen molar-refractivity contribution in [1.29, 1.82) is 0 Å². The molecule has 1 aromatic carbocycles. The van der Waals surface area contributed by atoms with Gasteiger partial charge in [-0.15, -0.1) is 0 Å². The minimum Gasteiger partial charge on any atom is -0.338 e. The van der Waals surface area contributed by atoms with Crippen LogP contribution in [0.3, 0.4) is 0 Å². The summed E-state index contributed by atoms with van der Waals surface area (Å²) in [4.78, 5) is 8.94. The Morgan fingerprint density at radius 2 is 2.00 bits per heavy atom. The number of aromatic nitrogens is 4. The van der Waals surface area contributed by atoms with E-state index in [1.165, 1.54) is 11.3 Å². The van der Waals surface area contributed by atoms with Crippen LogP contribution in [0, 0.1) is 0 Å². The predicted molar refractivity (Wildman–Crippen MR) is 95.6 cm³/mol. The van der Waals surface area contributed by atoms with E-state index in [-0.39, 0.29) is 5.25 Å². The first kappa shape index (κ1) is 16.8. The first-order valence-electron chi connectivity index (χ1n) is 8.22. The lowest BCUT2D eigenvalue weighted by molar-refractivity contribution is 0.375. The number of aryl methyl sites for hydroxylation is 1. The van der Waals surface area contributed by atoms with Gasteiger partial charge in [0.1, 0.15) is 0 Å². The van der Waals surface area contributed by atoms with Gasteiger partial charge in [0.25, 0.3) is 0 Å². The zero-order valence-electron chi connectivity index (χ0n) is 14.4. The molecule has 6 heteroatoms. The van der Waals surface area contributed by atoms with E-state index in [9.17, 15) is 0 Å². The molecular weight excluding hydrogens is 320 g/mol. The zero-order valence-corrected chi connectivity index (χ0v) is 15.2. The van der Waals surface area contributed by atoms with Gasteiger partial charge in [-0.2, -0.15) is 4.98 Å². The second-order valence-electron chi connectivity index (χ2n) is 5.96. The van der Waals surface area contributed by atoms with E-state index < -0.39 is 0 Å². The van der Waals surface area contributed by atoms with Gasteiger partial charge >= 0.3 is 0 Å². The van der Waals surface area contributed by atoms with Crippen LogP contribution in [0.15, 0.2) is 46.3 Å². The van der Waals surface area contributed by atoms with Crippen LogP contribution in [0.5, 0.6) is 0 Å². The first-order chi connectivity index (χ1) is 11.6. The van der Waals surface area contributed by atoms with Gasteiger partial charge < -0.3 is 4.52 Å². The number of rotatable bonds is 6. The molecule has 0 saturated heterocycles. The second-order valence-corrected chi connectivity index (χ2v) is 7.26. The third-order valence-electron chi connectivity index (χ3n) is 3.86. The summed E-state index contributed by atoms with van der Waals surface area (Å²) < 4.78 is 7.49. The van der Waals surface area contributed by atoms with E-state index in [0.29, 0.717) is 11.8 Å². The summed E-state index contributed by atoms with van der Waals surface area (Å²) >= 11 is 1.62. The molecule has 3 aromatic rings. The van der Waals surface area contributed by atoms with E-state index >= 15 is 0 Å². The zero-order chi connectivity index (χ0) is 17.1. The first-order valence-corrected chi connectivity index (χ1v) is 9.09. The molecule has 0 amide bonds. The standard InChI is InChI=1S/C18H22N4OS/c1-5-16-20-17(23-21-16)13(4)24-18-19-10-11-22(18)15-9-7-6-8-14(15)12(2)3/h6-13H,5H2,1-4H3. The Kier molecular flexibility index (Phi) is 5.04. The number of hydrogen-bond donors (Lipinski definition) is 0. The number of benzene rings is 1. The van der Waals surface area contributed by atoms with Gasteiger partial charge in [-0.25, -0.2) is 4.98 Å².